The van der Waals surface area contributed by atoms with E-state index in [1.54, 1.807) is 0 Å². The van der Waals surface area contributed by atoms with Crippen molar-refractivity contribution in [3.05, 3.63) is 107 Å². The molecular weight excluding hydrogens is 422 g/mol. The molecule has 1 saturated heterocycles. The topological polar surface area (TPSA) is 43.9 Å². The van der Waals surface area contributed by atoms with Gasteiger partial charge in [-0.3, -0.25) is 14.5 Å². The van der Waals surface area contributed by atoms with Crippen LogP contribution in [0.3, 0.4) is 0 Å². The van der Waals surface area contributed by atoms with Crippen molar-refractivity contribution < 1.29 is 9.59 Å². The quantitative estimate of drug-likeness (QED) is 0.539. The summed E-state index contributed by atoms with van der Waals surface area (Å²) < 4.78 is 0. The molecule has 0 radical (unpaired) electrons. The molecule has 5 rings (SSSR count). The minimum atomic E-state index is -0.245. The van der Waals surface area contributed by atoms with Crippen LogP contribution in [0.15, 0.2) is 84.6 Å². The van der Waals surface area contributed by atoms with Gasteiger partial charge in [-0.2, -0.15) is 0 Å². The number of amides is 2. The van der Waals surface area contributed by atoms with Crippen LogP contribution in [-0.2, 0) is 16.1 Å². The third-order valence-electron chi connectivity index (χ3n) is 6.65. The van der Waals surface area contributed by atoms with Crippen molar-refractivity contribution in [1.82, 2.24) is 9.80 Å². The van der Waals surface area contributed by atoms with E-state index in [2.05, 4.69) is 34.1 Å². The Kier molecular flexibility index (Phi) is 6.03. The van der Waals surface area contributed by atoms with E-state index in [9.17, 15) is 9.59 Å². The van der Waals surface area contributed by atoms with Crippen LogP contribution in [0.5, 0.6) is 0 Å². The van der Waals surface area contributed by atoms with Crippen LogP contribution in [-0.4, -0.2) is 47.8 Å². The van der Waals surface area contributed by atoms with Gasteiger partial charge in [0.2, 0.25) is 0 Å². The summed E-state index contributed by atoms with van der Waals surface area (Å²) in [4.78, 5) is 33.4. The third-order valence-corrected chi connectivity index (χ3v) is 6.65. The Balaban J connectivity index is 1.45. The molecule has 2 amide bonds. The van der Waals surface area contributed by atoms with E-state index in [4.69, 9.17) is 0 Å². The summed E-state index contributed by atoms with van der Waals surface area (Å²) in [6.45, 7) is 7.94. The van der Waals surface area contributed by atoms with Crippen molar-refractivity contribution in [2.24, 2.45) is 0 Å². The highest BCUT2D eigenvalue weighted by Gasteiger charge is 2.43. The Morgan fingerprint density at radius 1 is 0.735 bits per heavy atom. The van der Waals surface area contributed by atoms with Gasteiger partial charge in [-0.05, 0) is 36.6 Å². The van der Waals surface area contributed by atoms with Crippen LogP contribution < -0.4 is 4.90 Å². The second kappa shape index (κ2) is 9.27. The number of piperazine rings is 1. The van der Waals surface area contributed by atoms with Gasteiger partial charge in [0.15, 0.2) is 0 Å². The van der Waals surface area contributed by atoms with Gasteiger partial charge in [0.1, 0.15) is 5.70 Å². The van der Waals surface area contributed by atoms with E-state index in [-0.39, 0.29) is 11.8 Å². The first-order valence-electron chi connectivity index (χ1n) is 11.8. The third kappa shape index (κ3) is 4.15. The van der Waals surface area contributed by atoms with Crippen LogP contribution in [0, 0.1) is 13.8 Å². The van der Waals surface area contributed by atoms with Crippen molar-refractivity contribution in [2.45, 2.75) is 20.4 Å². The smallest absolute Gasteiger partial charge is 0.282 e. The number of aryl methyl sites for hydroxylation is 2. The van der Waals surface area contributed by atoms with Gasteiger partial charge in [-0.15, -0.1) is 0 Å². The molecule has 172 valence electrons. The summed E-state index contributed by atoms with van der Waals surface area (Å²) in [5.41, 5.74) is 5.78. The maximum atomic E-state index is 13.8. The highest BCUT2D eigenvalue weighted by molar-refractivity contribution is 6.45. The molecule has 2 aliphatic rings. The molecule has 2 heterocycles. The van der Waals surface area contributed by atoms with Crippen LogP contribution in [0.4, 0.5) is 5.69 Å². The highest BCUT2D eigenvalue weighted by atomic mass is 16.2. The van der Waals surface area contributed by atoms with Gasteiger partial charge in [-0.25, -0.2) is 4.90 Å². The molecule has 3 aromatic carbocycles. The number of carbonyl (C=O) groups excluding carboxylic acids is 2. The van der Waals surface area contributed by atoms with Crippen molar-refractivity contribution >= 4 is 23.1 Å². The van der Waals surface area contributed by atoms with E-state index < -0.39 is 0 Å². The van der Waals surface area contributed by atoms with Gasteiger partial charge >= 0.3 is 0 Å². The van der Waals surface area contributed by atoms with Crippen LogP contribution in [0.25, 0.3) is 5.57 Å². The lowest BCUT2D eigenvalue weighted by Gasteiger charge is -2.36. The molecule has 0 saturated carbocycles. The monoisotopic (exact) mass is 451 g/mol. The normalized spacial score (nSPS) is 17.1. The molecule has 1 fully saturated rings. The van der Waals surface area contributed by atoms with Gasteiger partial charge in [0, 0.05) is 32.7 Å². The predicted octanol–water partition coefficient (Wildman–Crippen LogP) is 4.41. The number of carbonyl (C=O) groups is 2. The van der Waals surface area contributed by atoms with E-state index in [0.29, 0.717) is 30.0 Å². The lowest BCUT2D eigenvalue weighted by Crippen LogP contribution is -2.47. The van der Waals surface area contributed by atoms with E-state index >= 15 is 0 Å². The van der Waals surface area contributed by atoms with Gasteiger partial charge < -0.3 is 4.90 Å². The molecule has 2 aliphatic heterocycles. The van der Waals surface area contributed by atoms with Crippen LogP contribution in [0.2, 0.25) is 0 Å². The molecule has 3 aromatic rings. The minimum Gasteiger partial charge on any atom is -0.364 e. The molecule has 0 spiro atoms. The average molecular weight is 452 g/mol. The summed E-state index contributed by atoms with van der Waals surface area (Å²) in [5, 5.41) is 0. The van der Waals surface area contributed by atoms with Crippen LogP contribution >= 0.6 is 0 Å². The molecule has 0 unspecified atom stereocenters. The lowest BCUT2D eigenvalue weighted by atomic mass is 10.0. The van der Waals surface area contributed by atoms with E-state index in [0.717, 1.165) is 36.3 Å². The van der Waals surface area contributed by atoms with Crippen molar-refractivity contribution in [3.8, 4) is 0 Å². The highest BCUT2D eigenvalue weighted by Crippen LogP contribution is 2.36. The molecule has 34 heavy (non-hydrogen) atoms. The first-order valence-corrected chi connectivity index (χ1v) is 11.8. The molecule has 0 bridgehead atoms. The number of hydrogen-bond acceptors (Lipinski definition) is 4. The first-order chi connectivity index (χ1) is 16.5. The molecule has 0 N–H and O–H groups in total. The summed E-state index contributed by atoms with van der Waals surface area (Å²) in [5.74, 6) is -0.475. The first kappa shape index (κ1) is 22.1. The zero-order chi connectivity index (χ0) is 23.7. The Labute approximate surface area is 200 Å². The molecular formula is C29H29N3O2. The number of hydrogen-bond donors (Lipinski definition) is 0. The number of rotatable bonds is 5. The summed E-state index contributed by atoms with van der Waals surface area (Å²) >= 11 is 0. The Bertz CT molecular complexity index is 1240. The van der Waals surface area contributed by atoms with Gasteiger partial charge in [0.25, 0.3) is 11.8 Å². The molecule has 5 nitrogen and oxygen atoms in total. The number of nitrogens with zero attached hydrogens (tertiary/aromatic N) is 3. The Morgan fingerprint density at radius 3 is 2.03 bits per heavy atom. The largest absolute Gasteiger partial charge is 0.364 e. The van der Waals surface area contributed by atoms with Gasteiger partial charge in [0.05, 0.1) is 11.3 Å². The van der Waals surface area contributed by atoms with Gasteiger partial charge in [-0.1, -0.05) is 78.4 Å². The van der Waals surface area contributed by atoms with Crippen molar-refractivity contribution in [2.75, 3.05) is 31.1 Å². The fourth-order valence-corrected chi connectivity index (χ4v) is 4.92. The second-order valence-corrected chi connectivity index (χ2v) is 9.07. The fraction of sp³-hybridized carbons (Fsp3) is 0.241. The summed E-state index contributed by atoms with van der Waals surface area (Å²) in [7, 11) is 0. The summed E-state index contributed by atoms with van der Waals surface area (Å²) in [6.07, 6.45) is 0. The minimum absolute atomic E-state index is 0.229. The SMILES string of the molecule is Cc1ccc(N2C(=O)C(c3ccccc3)=C(N3CCN(Cc4ccccc4)CC3)C2=O)c(C)c1. The number of imide groups is 1. The number of benzene rings is 3. The molecule has 0 atom stereocenters. The Morgan fingerprint density at radius 2 is 1.38 bits per heavy atom. The van der Waals surface area contributed by atoms with Crippen LogP contribution in [0.1, 0.15) is 22.3 Å². The zero-order valence-electron chi connectivity index (χ0n) is 19.7. The second-order valence-electron chi connectivity index (χ2n) is 9.07. The lowest BCUT2D eigenvalue weighted by molar-refractivity contribution is -0.120. The maximum Gasteiger partial charge on any atom is 0.282 e. The van der Waals surface area contributed by atoms with Crippen molar-refractivity contribution in [1.29, 1.82) is 0 Å². The van der Waals surface area contributed by atoms with E-state index in [1.165, 1.54) is 10.5 Å². The molecule has 5 heteroatoms. The summed E-state index contributed by atoms with van der Waals surface area (Å²) in [6, 6.07) is 25.9. The fourth-order valence-electron chi connectivity index (χ4n) is 4.92. The Hall–Kier alpha value is -3.70. The van der Waals surface area contributed by atoms with E-state index in [1.807, 2.05) is 68.4 Å². The zero-order valence-corrected chi connectivity index (χ0v) is 19.7. The maximum absolute atomic E-state index is 13.8. The predicted molar refractivity (Wildman–Crippen MR) is 135 cm³/mol. The number of anilines is 1. The molecule has 0 aliphatic carbocycles. The molecule has 0 aromatic heterocycles. The van der Waals surface area contributed by atoms with Crippen molar-refractivity contribution in [3.63, 3.8) is 0 Å². The standard InChI is InChI=1S/C29H29N3O2/c1-21-13-14-25(22(2)19-21)32-28(33)26(24-11-7-4-8-12-24)27(29(32)34)31-17-15-30(16-18-31)20-23-9-5-3-6-10-23/h3-14,19H,15-18,20H2,1-2H3. The average Bonchev–Trinajstić information content (AvgIpc) is 3.11.